The van der Waals surface area contributed by atoms with Crippen molar-refractivity contribution in [1.82, 2.24) is 5.01 Å². The standard InChI is InChI=1S/C13H16N2O5S2/c1-3-9-15-11(10-7-5-4-6-8-10)12(21(16)17)13(14-15)20-22(2,18)19/h4-8,11H,3,9H2,1-2H3. The molecule has 1 aromatic rings. The molecule has 1 aliphatic heterocycles. The molecule has 0 spiro atoms. The van der Waals surface area contributed by atoms with Crippen molar-refractivity contribution < 1.29 is 21.0 Å². The molecule has 0 aromatic heterocycles. The summed E-state index contributed by atoms with van der Waals surface area (Å²) in [6.07, 6.45) is 1.57. The first-order valence-electron chi connectivity index (χ1n) is 6.59. The molecule has 1 atom stereocenters. The molecule has 2 rings (SSSR count). The zero-order chi connectivity index (χ0) is 16.3. The van der Waals surface area contributed by atoms with Gasteiger partial charge in [-0.1, -0.05) is 37.3 Å². The minimum absolute atomic E-state index is 0.176. The summed E-state index contributed by atoms with van der Waals surface area (Å²) in [5.41, 5.74) is 0.700. The van der Waals surface area contributed by atoms with Gasteiger partial charge in [0, 0.05) is 6.54 Å². The molecule has 1 heterocycles. The molecule has 7 nitrogen and oxygen atoms in total. The molecule has 0 fully saturated rings. The molecule has 0 bridgehead atoms. The molecule has 0 amide bonds. The van der Waals surface area contributed by atoms with Crippen LogP contribution >= 0.6 is 0 Å². The van der Waals surface area contributed by atoms with Gasteiger partial charge in [0.2, 0.25) is 10.3 Å². The lowest BCUT2D eigenvalue weighted by atomic mass is 10.0. The highest BCUT2D eigenvalue weighted by atomic mass is 32.2. The van der Waals surface area contributed by atoms with Crippen molar-refractivity contribution in [2.75, 3.05) is 12.8 Å². The summed E-state index contributed by atoms with van der Waals surface area (Å²) in [5, 5.41) is 5.57. The number of hydrogen-bond acceptors (Lipinski definition) is 7. The van der Waals surface area contributed by atoms with E-state index in [9.17, 15) is 16.8 Å². The first-order chi connectivity index (χ1) is 10.3. The van der Waals surface area contributed by atoms with Gasteiger partial charge in [0.15, 0.2) is 4.86 Å². The van der Waals surface area contributed by atoms with E-state index in [1.54, 1.807) is 24.3 Å². The van der Waals surface area contributed by atoms with Crippen molar-refractivity contribution in [3.05, 3.63) is 35.9 Å². The number of hydrogen-bond donors (Lipinski definition) is 0. The molecule has 1 unspecified atom stereocenters. The van der Waals surface area contributed by atoms with Crippen molar-refractivity contribution >= 4 is 31.2 Å². The molecule has 1 aliphatic rings. The van der Waals surface area contributed by atoms with Crippen LogP contribution in [-0.4, -0.2) is 45.4 Å². The lowest BCUT2D eigenvalue weighted by Crippen LogP contribution is -2.28. The van der Waals surface area contributed by atoms with Gasteiger partial charge in [-0.2, -0.15) is 16.8 Å². The summed E-state index contributed by atoms with van der Waals surface area (Å²) < 4.78 is 50.6. The quantitative estimate of drug-likeness (QED) is 0.592. The third kappa shape index (κ3) is 3.66. The molecule has 0 saturated carbocycles. The normalized spacial score (nSPS) is 18.3. The Labute approximate surface area is 130 Å². The molecule has 1 aromatic carbocycles. The van der Waals surface area contributed by atoms with Crippen LogP contribution in [0.1, 0.15) is 24.9 Å². The largest absolute Gasteiger partial charge is 0.359 e. The summed E-state index contributed by atoms with van der Waals surface area (Å²) in [6.45, 7) is 2.39. The molecule has 0 radical (unpaired) electrons. The SMILES string of the molecule is CCCN1N=C(OS(C)(=O)=O)C(=S(=O)=O)C1c1ccccc1. The van der Waals surface area contributed by atoms with Crippen LogP contribution < -0.4 is 0 Å². The fourth-order valence-corrected chi connectivity index (χ4v) is 3.33. The second-order valence-corrected chi connectivity index (χ2v) is 7.25. The molecule has 0 N–H and O–H groups in total. The average molecular weight is 344 g/mol. The molecule has 0 aliphatic carbocycles. The van der Waals surface area contributed by atoms with Crippen LogP contribution in [0, 0.1) is 0 Å². The first kappa shape index (κ1) is 16.5. The summed E-state index contributed by atoms with van der Waals surface area (Å²) >= 11 is 0. The van der Waals surface area contributed by atoms with Gasteiger partial charge in [-0.3, -0.25) is 5.01 Å². The van der Waals surface area contributed by atoms with Crippen molar-refractivity contribution in [3.8, 4) is 0 Å². The zero-order valence-electron chi connectivity index (χ0n) is 12.1. The Morgan fingerprint density at radius 3 is 2.41 bits per heavy atom. The van der Waals surface area contributed by atoms with Gasteiger partial charge in [0.05, 0.1) is 6.26 Å². The Balaban J connectivity index is 2.55. The van der Waals surface area contributed by atoms with Crippen molar-refractivity contribution in [3.63, 3.8) is 0 Å². The van der Waals surface area contributed by atoms with Crippen LogP contribution in [0.25, 0.3) is 0 Å². The second kappa shape index (κ2) is 6.49. The van der Waals surface area contributed by atoms with E-state index in [1.807, 2.05) is 13.0 Å². The van der Waals surface area contributed by atoms with Crippen LogP contribution in [0.4, 0.5) is 0 Å². The van der Waals surface area contributed by atoms with Gasteiger partial charge >= 0.3 is 10.1 Å². The Morgan fingerprint density at radius 1 is 1.27 bits per heavy atom. The summed E-state index contributed by atoms with van der Waals surface area (Å²) in [7, 11) is -6.53. The van der Waals surface area contributed by atoms with E-state index in [0.29, 0.717) is 12.1 Å². The lowest BCUT2D eigenvalue weighted by molar-refractivity contribution is 0.268. The van der Waals surface area contributed by atoms with Gasteiger partial charge in [-0.25, -0.2) is 0 Å². The van der Waals surface area contributed by atoms with Crippen LogP contribution in [0.2, 0.25) is 0 Å². The number of nitrogens with zero attached hydrogens (tertiary/aromatic N) is 2. The van der Waals surface area contributed by atoms with Gasteiger partial charge in [0.25, 0.3) is 5.90 Å². The highest BCUT2D eigenvalue weighted by Crippen LogP contribution is 2.29. The predicted molar refractivity (Wildman–Crippen MR) is 83.5 cm³/mol. The third-order valence-corrected chi connectivity index (χ3v) is 4.17. The van der Waals surface area contributed by atoms with Gasteiger partial charge in [-0.05, 0) is 12.0 Å². The molecular formula is C13H16N2O5S2. The van der Waals surface area contributed by atoms with Crippen LogP contribution in [-0.2, 0) is 24.6 Å². The Kier molecular flexibility index (Phi) is 4.87. The Hall–Kier alpha value is -1.87. The zero-order valence-corrected chi connectivity index (χ0v) is 13.8. The molecule has 22 heavy (non-hydrogen) atoms. The van der Waals surface area contributed by atoms with Crippen LogP contribution in [0.3, 0.4) is 0 Å². The smallest absolute Gasteiger partial charge is 0.307 e. The summed E-state index contributed by atoms with van der Waals surface area (Å²) in [6, 6.07) is 8.21. The first-order valence-corrected chi connectivity index (χ1v) is 9.48. The maximum absolute atomic E-state index is 11.6. The third-order valence-electron chi connectivity index (χ3n) is 2.95. The highest BCUT2D eigenvalue weighted by molar-refractivity contribution is 7.86. The minimum atomic E-state index is -3.87. The van der Waals surface area contributed by atoms with Gasteiger partial charge < -0.3 is 4.18 Å². The van der Waals surface area contributed by atoms with E-state index >= 15 is 0 Å². The maximum Gasteiger partial charge on any atom is 0.307 e. The van der Waals surface area contributed by atoms with Crippen molar-refractivity contribution in [2.45, 2.75) is 19.4 Å². The second-order valence-electron chi connectivity index (χ2n) is 4.77. The van der Waals surface area contributed by atoms with Crippen LogP contribution in [0.5, 0.6) is 0 Å². The summed E-state index contributed by atoms with van der Waals surface area (Å²) in [4.78, 5) is -0.176. The average Bonchev–Trinajstić information content (AvgIpc) is 2.76. The highest BCUT2D eigenvalue weighted by Gasteiger charge is 2.38. The Bertz CT molecular complexity index is 805. The molecule has 9 heteroatoms. The number of benzene rings is 1. The van der Waals surface area contributed by atoms with E-state index in [1.165, 1.54) is 5.01 Å². The fraction of sp³-hybridized carbons (Fsp3) is 0.385. The number of rotatable bonds is 4. The maximum atomic E-state index is 11.6. The topological polar surface area (TPSA) is 93.1 Å². The molecule has 120 valence electrons. The van der Waals surface area contributed by atoms with E-state index in [0.717, 1.165) is 12.7 Å². The lowest BCUT2D eigenvalue weighted by Gasteiger charge is -2.22. The van der Waals surface area contributed by atoms with Gasteiger partial charge in [-0.15, -0.1) is 5.10 Å². The van der Waals surface area contributed by atoms with E-state index in [4.69, 9.17) is 4.18 Å². The molecular weight excluding hydrogens is 328 g/mol. The Morgan fingerprint density at radius 2 is 1.91 bits per heavy atom. The van der Waals surface area contributed by atoms with Gasteiger partial charge in [0.1, 0.15) is 6.04 Å². The minimum Gasteiger partial charge on any atom is -0.359 e. The predicted octanol–water partition coefficient (Wildman–Crippen LogP) is 0.794. The van der Waals surface area contributed by atoms with Crippen molar-refractivity contribution in [2.24, 2.45) is 5.10 Å². The monoisotopic (exact) mass is 344 g/mol. The molecule has 0 saturated heterocycles. The van der Waals surface area contributed by atoms with Crippen LogP contribution in [0.15, 0.2) is 35.4 Å². The fourth-order valence-electron chi connectivity index (χ4n) is 2.21. The summed E-state index contributed by atoms with van der Waals surface area (Å²) in [5.74, 6) is -0.391. The van der Waals surface area contributed by atoms with Crippen molar-refractivity contribution in [1.29, 1.82) is 0 Å². The van der Waals surface area contributed by atoms with E-state index < -0.39 is 32.4 Å². The number of hydrazone groups is 1. The van der Waals surface area contributed by atoms with E-state index in [-0.39, 0.29) is 4.86 Å². The van der Waals surface area contributed by atoms with E-state index in [2.05, 4.69) is 5.10 Å².